The molecule has 0 bridgehead atoms. The van der Waals surface area contributed by atoms with Gasteiger partial charge in [0.15, 0.2) is 0 Å². The Labute approximate surface area is 114 Å². The summed E-state index contributed by atoms with van der Waals surface area (Å²) in [4.78, 5) is 23.3. The number of amides is 1. The molecule has 0 spiro atoms. The maximum atomic E-state index is 12.2. The van der Waals surface area contributed by atoms with Crippen LogP contribution in [0.25, 0.3) is 0 Å². The van der Waals surface area contributed by atoms with Gasteiger partial charge in [-0.05, 0) is 18.3 Å². The van der Waals surface area contributed by atoms with Gasteiger partial charge in [-0.3, -0.25) is 9.59 Å². The molecule has 1 unspecified atom stereocenters. The Morgan fingerprint density at radius 1 is 1.32 bits per heavy atom. The SMILES string of the molecule is CCOCC(NC(=O)[C@@H]1[C@H](C(=O)O)C1(C)C)C(C)C. The predicted molar refractivity (Wildman–Crippen MR) is 71.7 cm³/mol. The van der Waals surface area contributed by atoms with Crippen molar-refractivity contribution in [1.29, 1.82) is 0 Å². The first-order valence-electron chi connectivity index (χ1n) is 6.84. The van der Waals surface area contributed by atoms with Gasteiger partial charge in [-0.25, -0.2) is 0 Å². The van der Waals surface area contributed by atoms with Gasteiger partial charge >= 0.3 is 5.97 Å². The Morgan fingerprint density at radius 3 is 2.26 bits per heavy atom. The highest BCUT2D eigenvalue weighted by Crippen LogP contribution is 2.58. The first-order valence-corrected chi connectivity index (χ1v) is 6.84. The average Bonchev–Trinajstić information content (AvgIpc) is 2.87. The number of carboxylic acid groups (broad SMARTS) is 1. The minimum atomic E-state index is -0.893. The molecule has 19 heavy (non-hydrogen) atoms. The van der Waals surface area contributed by atoms with Crippen molar-refractivity contribution in [2.75, 3.05) is 13.2 Å². The molecule has 1 amide bonds. The lowest BCUT2D eigenvalue weighted by Crippen LogP contribution is -2.43. The van der Waals surface area contributed by atoms with Crippen LogP contribution in [0.5, 0.6) is 0 Å². The molecule has 2 N–H and O–H groups in total. The highest BCUT2D eigenvalue weighted by atomic mass is 16.5. The standard InChI is InChI=1S/C14H25NO4/c1-6-19-7-9(8(2)3)15-12(16)10-11(13(17)18)14(10,4)5/h8-11H,6-7H2,1-5H3,(H,15,16)(H,17,18)/t9?,10-,11+/m0/s1. The number of carboxylic acids is 1. The van der Waals surface area contributed by atoms with Gasteiger partial charge in [-0.2, -0.15) is 0 Å². The van der Waals surface area contributed by atoms with Crippen LogP contribution in [0.4, 0.5) is 0 Å². The molecule has 3 atom stereocenters. The molecule has 0 saturated heterocycles. The molecule has 0 heterocycles. The number of carbonyl (C=O) groups is 2. The molecule has 0 radical (unpaired) electrons. The van der Waals surface area contributed by atoms with Gasteiger partial charge in [0, 0.05) is 6.61 Å². The summed E-state index contributed by atoms with van der Waals surface area (Å²) in [5, 5.41) is 12.0. The normalized spacial score (nSPS) is 26.0. The molecule has 1 aliphatic carbocycles. The van der Waals surface area contributed by atoms with E-state index in [9.17, 15) is 9.59 Å². The second-order valence-electron chi connectivity index (χ2n) is 6.13. The third-order valence-corrected chi connectivity index (χ3v) is 4.01. The third-order valence-electron chi connectivity index (χ3n) is 4.01. The van der Waals surface area contributed by atoms with Gasteiger partial charge in [0.05, 0.1) is 24.5 Å². The molecule has 1 aliphatic rings. The smallest absolute Gasteiger partial charge is 0.307 e. The van der Waals surface area contributed by atoms with Crippen LogP contribution in [0.2, 0.25) is 0 Å². The predicted octanol–water partition coefficient (Wildman–Crippen LogP) is 1.52. The summed E-state index contributed by atoms with van der Waals surface area (Å²) >= 11 is 0. The molecular weight excluding hydrogens is 246 g/mol. The van der Waals surface area contributed by atoms with E-state index < -0.39 is 23.2 Å². The van der Waals surface area contributed by atoms with Crippen LogP contribution in [0, 0.1) is 23.2 Å². The highest BCUT2D eigenvalue weighted by Gasteiger charge is 2.66. The van der Waals surface area contributed by atoms with Crippen molar-refractivity contribution in [2.24, 2.45) is 23.2 Å². The van der Waals surface area contributed by atoms with Crippen LogP contribution in [0.1, 0.15) is 34.6 Å². The Balaban J connectivity index is 2.61. The van der Waals surface area contributed by atoms with Crippen molar-refractivity contribution in [1.82, 2.24) is 5.32 Å². The van der Waals surface area contributed by atoms with E-state index in [2.05, 4.69) is 5.32 Å². The molecule has 5 heteroatoms. The molecule has 1 fully saturated rings. The lowest BCUT2D eigenvalue weighted by Gasteiger charge is -2.22. The van der Waals surface area contributed by atoms with Gasteiger partial charge < -0.3 is 15.2 Å². The number of aliphatic carboxylic acids is 1. The first kappa shape index (κ1) is 16.0. The molecule has 1 saturated carbocycles. The molecule has 1 rings (SSSR count). The largest absolute Gasteiger partial charge is 0.481 e. The summed E-state index contributed by atoms with van der Waals surface area (Å²) in [6, 6.07) is -0.0710. The zero-order chi connectivity index (χ0) is 14.8. The van der Waals surface area contributed by atoms with E-state index in [0.29, 0.717) is 13.2 Å². The molecule has 0 aromatic carbocycles. The lowest BCUT2D eigenvalue weighted by molar-refractivity contribution is -0.140. The topological polar surface area (TPSA) is 75.6 Å². The molecule has 0 aromatic rings. The van der Waals surface area contributed by atoms with Gasteiger partial charge in [0.1, 0.15) is 0 Å². The zero-order valence-corrected chi connectivity index (χ0v) is 12.4. The summed E-state index contributed by atoms with van der Waals surface area (Å²) in [5.74, 6) is -1.83. The van der Waals surface area contributed by atoms with E-state index in [-0.39, 0.29) is 17.9 Å². The zero-order valence-electron chi connectivity index (χ0n) is 12.4. The molecule has 0 aromatic heterocycles. The quantitative estimate of drug-likeness (QED) is 0.736. The van der Waals surface area contributed by atoms with Gasteiger partial charge in [0.2, 0.25) is 5.91 Å². The van der Waals surface area contributed by atoms with Crippen molar-refractivity contribution < 1.29 is 19.4 Å². The Kier molecular flexibility index (Phi) is 4.96. The number of carbonyl (C=O) groups excluding carboxylic acids is 1. The fourth-order valence-electron chi connectivity index (χ4n) is 2.51. The summed E-state index contributed by atoms with van der Waals surface area (Å²) in [5.41, 5.74) is -0.455. The van der Waals surface area contributed by atoms with Crippen LogP contribution in [-0.2, 0) is 14.3 Å². The van der Waals surface area contributed by atoms with E-state index >= 15 is 0 Å². The number of rotatable bonds is 7. The second-order valence-corrected chi connectivity index (χ2v) is 6.13. The van der Waals surface area contributed by atoms with Crippen molar-refractivity contribution >= 4 is 11.9 Å². The summed E-state index contributed by atoms with van der Waals surface area (Å²) in [6.45, 7) is 10.6. The van der Waals surface area contributed by atoms with E-state index in [1.807, 2.05) is 34.6 Å². The first-order chi connectivity index (χ1) is 8.73. The van der Waals surface area contributed by atoms with E-state index in [4.69, 9.17) is 9.84 Å². The van der Waals surface area contributed by atoms with E-state index in [0.717, 1.165) is 0 Å². The van der Waals surface area contributed by atoms with Crippen LogP contribution in [0.3, 0.4) is 0 Å². The number of ether oxygens (including phenoxy) is 1. The van der Waals surface area contributed by atoms with Crippen LogP contribution >= 0.6 is 0 Å². The Hall–Kier alpha value is -1.10. The van der Waals surface area contributed by atoms with Crippen LogP contribution < -0.4 is 5.32 Å². The van der Waals surface area contributed by atoms with Crippen molar-refractivity contribution in [2.45, 2.75) is 40.7 Å². The maximum Gasteiger partial charge on any atom is 0.307 e. The summed E-state index contributed by atoms with van der Waals surface area (Å²) in [6.07, 6.45) is 0. The van der Waals surface area contributed by atoms with E-state index in [1.54, 1.807) is 0 Å². The monoisotopic (exact) mass is 271 g/mol. The summed E-state index contributed by atoms with van der Waals surface area (Å²) in [7, 11) is 0. The van der Waals surface area contributed by atoms with Crippen LogP contribution in [0.15, 0.2) is 0 Å². The third kappa shape index (κ3) is 3.47. The highest BCUT2D eigenvalue weighted by molar-refractivity contribution is 5.91. The van der Waals surface area contributed by atoms with Crippen molar-refractivity contribution in [3.8, 4) is 0 Å². The van der Waals surface area contributed by atoms with E-state index in [1.165, 1.54) is 0 Å². The second kappa shape index (κ2) is 5.90. The van der Waals surface area contributed by atoms with Crippen molar-refractivity contribution in [3.63, 3.8) is 0 Å². The maximum absolute atomic E-state index is 12.2. The fraction of sp³-hybridized carbons (Fsp3) is 0.857. The minimum absolute atomic E-state index is 0.0710. The molecule has 0 aliphatic heterocycles. The number of hydrogen-bond donors (Lipinski definition) is 2. The van der Waals surface area contributed by atoms with Crippen LogP contribution in [-0.4, -0.2) is 36.2 Å². The Bertz CT molecular complexity index is 351. The lowest BCUT2D eigenvalue weighted by atomic mass is 10.0. The fourth-order valence-corrected chi connectivity index (χ4v) is 2.51. The van der Waals surface area contributed by atoms with Gasteiger partial charge in [-0.1, -0.05) is 27.7 Å². The molecule has 110 valence electrons. The minimum Gasteiger partial charge on any atom is -0.481 e. The number of nitrogens with one attached hydrogen (secondary N) is 1. The summed E-state index contributed by atoms with van der Waals surface area (Å²) < 4.78 is 5.35. The van der Waals surface area contributed by atoms with Gasteiger partial charge in [0.25, 0.3) is 0 Å². The molecular formula is C14H25NO4. The molecule has 5 nitrogen and oxygen atoms in total. The van der Waals surface area contributed by atoms with Crippen molar-refractivity contribution in [3.05, 3.63) is 0 Å². The van der Waals surface area contributed by atoms with Gasteiger partial charge in [-0.15, -0.1) is 0 Å². The average molecular weight is 271 g/mol. The Morgan fingerprint density at radius 2 is 1.89 bits per heavy atom. The number of hydrogen-bond acceptors (Lipinski definition) is 3.